The van der Waals surface area contributed by atoms with Crippen LogP contribution in [0.25, 0.3) is 11.0 Å². The van der Waals surface area contributed by atoms with E-state index in [0.717, 1.165) is 29.4 Å². The molecule has 0 aliphatic heterocycles. The van der Waals surface area contributed by atoms with Crippen molar-refractivity contribution in [3.63, 3.8) is 0 Å². The summed E-state index contributed by atoms with van der Waals surface area (Å²) in [6, 6.07) is 5.78. The molecule has 0 aliphatic carbocycles. The number of benzene rings is 1. The maximum absolute atomic E-state index is 11.8. The van der Waals surface area contributed by atoms with Crippen LogP contribution in [0.5, 0.6) is 0 Å². The first kappa shape index (κ1) is 18.3. The fraction of sp³-hybridized carbons (Fsp3) is 0.467. The fourth-order valence-electron chi connectivity index (χ4n) is 2.18. The molecule has 0 saturated carbocycles. The Morgan fingerprint density at radius 3 is 2.64 bits per heavy atom. The number of rotatable bonds is 6. The summed E-state index contributed by atoms with van der Waals surface area (Å²) >= 11 is 0. The van der Waals surface area contributed by atoms with Gasteiger partial charge in [-0.3, -0.25) is 4.79 Å². The zero-order valence-corrected chi connectivity index (χ0v) is 13.7. The molecular weight excluding hydrogens is 304 g/mol. The number of nitrogens with one attached hydrogen (secondary N) is 3. The summed E-state index contributed by atoms with van der Waals surface area (Å²) in [5, 5.41) is 2.91. The van der Waals surface area contributed by atoms with Gasteiger partial charge in [0.15, 0.2) is 0 Å². The first-order valence-corrected chi connectivity index (χ1v) is 7.12. The van der Waals surface area contributed by atoms with Crippen LogP contribution in [0.2, 0.25) is 0 Å². The molecule has 0 bridgehead atoms. The number of aromatic amines is 2. The van der Waals surface area contributed by atoms with Gasteiger partial charge in [-0.15, -0.1) is 12.4 Å². The van der Waals surface area contributed by atoms with Crippen molar-refractivity contribution < 1.29 is 4.79 Å². The summed E-state index contributed by atoms with van der Waals surface area (Å²) in [6.45, 7) is 4.22. The van der Waals surface area contributed by atoms with Gasteiger partial charge < -0.3 is 21.0 Å². The lowest BCUT2D eigenvalue weighted by Gasteiger charge is -2.24. The van der Waals surface area contributed by atoms with Gasteiger partial charge in [-0.05, 0) is 44.4 Å². The van der Waals surface area contributed by atoms with Crippen molar-refractivity contribution in [2.24, 2.45) is 5.73 Å². The van der Waals surface area contributed by atoms with Gasteiger partial charge in [0.05, 0.1) is 11.0 Å². The minimum absolute atomic E-state index is 0. The van der Waals surface area contributed by atoms with Gasteiger partial charge in [0, 0.05) is 18.5 Å². The SMILES string of the molecule is CC(C)(CN)NC(=O)CCCc1ccc2[nH]c(=O)[nH]c2c1.Cl. The van der Waals surface area contributed by atoms with E-state index in [1.165, 1.54) is 0 Å². The van der Waals surface area contributed by atoms with Gasteiger partial charge in [-0.1, -0.05) is 6.07 Å². The minimum atomic E-state index is -0.361. The standard InChI is InChI=1S/C15H22N4O2.ClH/c1-15(2,9-16)19-13(20)5-3-4-10-6-7-11-12(8-10)18-14(21)17-11;/h6-8H,3-5,9,16H2,1-2H3,(H,19,20)(H2,17,18,21);1H. The monoisotopic (exact) mass is 326 g/mol. The lowest BCUT2D eigenvalue weighted by atomic mass is 10.0. The smallest absolute Gasteiger partial charge is 0.323 e. The molecule has 0 atom stereocenters. The molecule has 0 aliphatic rings. The highest BCUT2D eigenvalue weighted by Gasteiger charge is 2.17. The summed E-state index contributed by atoms with van der Waals surface area (Å²) in [4.78, 5) is 28.4. The molecule has 5 N–H and O–H groups in total. The molecule has 122 valence electrons. The Kier molecular flexibility index (Phi) is 6.20. The van der Waals surface area contributed by atoms with Gasteiger partial charge in [-0.25, -0.2) is 4.79 Å². The van der Waals surface area contributed by atoms with Crippen molar-refractivity contribution in [3.05, 3.63) is 34.2 Å². The van der Waals surface area contributed by atoms with Gasteiger partial charge in [0.25, 0.3) is 0 Å². The molecule has 0 radical (unpaired) electrons. The molecule has 1 aromatic carbocycles. The van der Waals surface area contributed by atoms with Crippen molar-refractivity contribution >= 4 is 29.3 Å². The van der Waals surface area contributed by atoms with E-state index in [1.54, 1.807) is 0 Å². The topological polar surface area (TPSA) is 104 Å². The average molecular weight is 327 g/mol. The van der Waals surface area contributed by atoms with Crippen LogP contribution in [0.1, 0.15) is 32.3 Å². The summed E-state index contributed by atoms with van der Waals surface area (Å²) < 4.78 is 0. The number of nitrogens with two attached hydrogens (primary N) is 1. The van der Waals surface area contributed by atoms with E-state index in [9.17, 15) is 9.59 Å². The maximum Gasteiger partial charge on any atom is 0.323 e. The first-order chi connectivity index (χ1) is 9.89. The van der Waals surface area contributed by atoms with E-state index in [0.29, 0.717) is 13.0 Å². The van der Waals surface area contributed by atoms with Crippen LogP contribution in [0.3, 0.4) is 0 Å². The molecule has 6 nitrogen and oxygen atoms in total. The number of carbonyl (C=O) groups is 1. The van der Waals surface area contributed by atoms with E-state index < -0.39 is 0 Å². The third-order valence-corrected chi connectivity index (χ3v) is 3.44. The molecule has 1 aromatic heterocycles. The van der Waals surface area contributed by atoms with E-state index in [-0.39, 0.29) is 29.5 Å². The maximum atomic E-state index is 11.8. The minimum Gasteiger partial charge on any atom is -0.350 e. The Balaban J connectivity index is 0.00000242. The van der Waals surface area contributed by atoms with Crippen LogP contribution in [-0.4, -0.2) is 28.0 Å². The Morgan fingerprint density at radius 2 is 1.95 bits per heavy atom. The van der Waals surface area contributed by atoms with Crippen molar-refractivity contribution in [2.45, 2.75) is 38.6 Å². The second-order valence-corrected chi connectivity index (χ2v) is 5.95. The molecular formula is C15H23ClN4O2. The van der Waals surface area contributed by atoms with Crippen LogP contribution in [0.4, 0.5) is 0 Å². The third-order valence-electron chi connectivity index (χ3n) is 3.44. The van der Waals surface area contributed by atoms with E-state index in [4.69, 9.17) is 5.73 Å². The van der Waals surface area contributed by atoms with Crippen LogP contribution < -0.4 is 16.7 Å². The van der Waals surface area contributed by atoms with Gasteiger partial charge in [-0.2, -0.15) is 0 Å². The summed E-state index contributed by atoms with van der Waals surface area (Å²) in [6.07, 6.45) is 2.01. The average Bonchev–Trinajstić information content (AvgIpc) is 2.77. The zero-order valence-electron chi connectivity index (χ0n) is 12.9. The van der Waals surface area contributed by atoms with Gasteiger partial charge in [0.2, 0.25) is 5.91 Å². The molecule has 1 amide bonds. The van der Waals surface area contributed by atoms with Crippen molar-refractivity contribution in [3.8, 4) is 0 Å². The Hall–Kier alpha value is -1.79. The number of H-pyrrole nitrogens is 2. The quantitative estimate of drug-likeness (QED) is 0.646. The lowest BCUT2D eigenvalue weighted by Crippen LogP contribution is -2.48. The van der Waals surface area contributed by atoms with Crippen molar-refractivity contribution in [1.82, 2.24) is 15.3 Å². The number of hydrogen-bond acceptors (Lipinski definition) is 3. The fourth-order valence-corrected chi connectivity index (χ4v) is 2.18. The predicted octanol–water partition coefficient (Wildman–Crippen LogP) is 1.45. The third kappa shape index (κ3) is 4.89. The molecule has 2 aromatic rings. The number of amides is 1. The molecule has 0 saturated heterocycles. The number of fused-ring (bicyclic) bond motifs is 1. The van der Waals surface area contributed by atoms with E-state index in [1.807, 2.05) is 32.0 Å². The van der Waals surface area contributed by atoms with Crippen LogP contribution in [0.15, 0.2) is 23.0 Å². The van der Waals surface area contributed by atoms with Crippen molar-refractivity contribution in [2.75, 3.05) is 6.54 Å². The Morgan fingerprint density at radius 1 is 1.27 bits per heavy atom. The summed E-state index contributed by atoms with van der Waals surface area (Å²) in [5.74, 6) is 0.0154. The molecule has 0 fully saturated rings. The highest BCUT2D eigenvalue weighted by atomic mass is 35.5. The normalized spacial score (nSPS) is 11.2. The summed E-state index contributed by atoms with van der Waals surface area (Å²) in [7, 11) is 0. The lowest BCUT2D eigenvalue weighted by molar-refractivity contribution is -0.122. The van der Waals surface area contributed by atoms with Gasteiger partial charge >= 0.3 is 5.69 Å². The number of imidazole rings is 1. The van der Waals surface area contributed by atoms with E-state index in [2.05, 4.69) is 15.3 Å². The van der Waals surface area contributed by atoms with Crippen LogP contribution in [0, 0.1) is 0 Å². The molecule has 1 heterocycles. The number of aryl methyl sites for hydroxylation is 1. The second-order valence-electron chi connectivity index (χ2n) is 5.95. The number of hydrogen-bond donors (Lipinski definition) is 4. The first-order valence-electron chi connectivity index (χ1n) is 7.12. The molecule has 0 spiro atoms. The zero-order chi connectivity index (χ0) is 15.5. The molecule has 22 heavy (non-hydrogen) atoms. The molecule has 0 unspecified atom stereocenters. The van der Waals surface area contributed by atoms with Crippen molar-refractivity contribution in [1.29, 1.82) is 0 Å². The molecule has 7 heteroatoms. The summed E-state index contributed by atoms with van der Waals surface area (Å²) in [5.41, 5.74) is 7.71. The Bertz CT molecular complexity index is 690. The largest absolute Gasteiger partial charge is 0.350 e. The number of halogens is 1. The number of carbonyl (C=O) groups excluding carboxylic acids is 1. The predicted molar refractivity (Wildman–Crippen MR) is 90.4 cm³/mol. The molecule has 2 rings (SSSR count). The highest BCUT2D eigenvalue weighted by molar-refractivity contribution is 5.85. The number of aromatic nitrogens is 2. The van der Waals surface area contributed by atoms with E-state index >= 15 is 0 Å². The highest BCUT2D eigenvalue weighted by Crippen LogP contribution is 2.12. The van der Waals surface area contributed by atoms with Crippen LogP contribution in [-0.2, 0) is 11.2 Å². The van der Waals surface area contributed by atoms with Crippen LogP contribution >= 0.6 is 12.4 Å². The van der Waals surface area contributed by atoms with Gasteiger partial charge in [0.1, 0.15) is 0 Å². The second kappa shape index (κ2) is 7.47. The Labute approximate surface area is 135 Å².